The first-order valence-electron chi connectivity index (χ1n) is 8.02. The van der Waals surface area contributed by atoms with Crippen LogP contribution in [0.2, 0.25) is 0 Å². The zero-order chi connectivity index (χ0) is 17.4. The van der Waals surface area contributed by atoms with E-state index < -0.39 is 0 Å². The van der Waals surface area contributed by atoms with Crippen LogP contribution in [0.1, 0.15) is 22.6 Å². The summed E-state index contributed by atoms with van der Waals surface area (Å²) in [5.41, 5.74) is 11.9. The first-order valence-corrected chi connectivity index (χ1v) is 8.81. The molecule has 1 aliphatic rings. The summed E-state index contributed by atoms with van der Waals surface area (Å²) >= 11 is 3.48. The van der Waals surface area contributed by atoms with E-state index in [2.05, 4.69) is 15.9 Å². The van der Waals surface area contributed by atoms with Crippen LogP contribution in [0.25, 0.3) is 0 Å². The van der Waals surface area contributed by atoms with Gasteiger partial charge in [0.2, 0.25) is 0 Å². The first kappa shape index (κ1) is 15.8. The molecule has 25 heavy (non-hydrogen) atoms. The number of rotatable bonds is 2. The molecule has 1 unspecified atom stereocenters. The van der Waals surface area contributed by atoms with Crippen molar-refractivity contribution in [2.45, 2.75) is 5.92 Å². The third-order valence-electron chi connectivity index (χ3n) is 4.44. The minimum atomic E-state index is -0.243. The molecule has 0 saturated carbocycles. The normalized spacial score (nSPS) is 16.3. The van der Waals surface area contributed by atoms with Crippen molar-refractivity contribution in [1.82, 2.24) is 0 Å². The number of fused-ring (bicyclic) bond motifs is 1. The third-order valence-corrected chi connectivity index (χ3v) is 4.97. The Kier molecular flexibility index (Phi) is 3.98. The molecular formula is C21H16BrN3. The number of nitrogens with two attached hydrogens (primary N) is 1. The molecule has 0 bridgehead atoms. The SMILES string of the molecule is N=C1c2ccccc2N=C(c2ccccc2N)C1c1ccc(Br)cc1. The van der Waals surface area contributed by atoms with Gasteiger partial charge in [-0.25, -0.2) is 0 Å². The van der Waals surface area contributed by atoms with Gasteiger partial charge in [-0.3, -0.25) is 4.99 Å². The Morgan fingerprint density at radius 3 is 2.20 bits per heavy atom. The van der Waals surface area contributed by atoms with E-state index in [4.69, 9.17) is 16.1 Å². The Bertz CT molecular complexity index is 990. The maximum Gasteiger partial charge on any atom is 0.0724 e. The van der Waals surface area contributed by atoms with Crippen molar-refractivity contribution >= 4 is 38.7 Å². The van der Waals surface area contributed by atoms with Gasteiger partial charge in [0.25, 0.3) is 0 Å². The van der Waals surface area contributed by atoms with E-state index in [1.165, 1.54) is 0 Å². The van der Waals surface area contributed by atoms with Gasteiger partial charge >= 0.3 is 0 Å². The van der Waals surface area contributed by atoms with E-state index in [0.29, 0.717) is 11.4 Å². The third kappa shape index (κ3) is 2.79. The lowest BCUT2D eigenvalue weighted by molar-refractivity contribution is 1.14. The lowest BCUT2D eigenvalue weighted by Gasteiger charge is -2.27. The van der Waals surface area contributed by atoms with Crippen molar-refractivity contribution in [2.75, 3.05) is 5.73 Å². The Labute approximate surface area is 154 Å². The lowest BCUT2D eigenvalue weighted by Crippen LogP contribution is -2.27. The van der Waals surface area contributed by atoms with Gasteiger partial charge < -0.3 is 11.1 Å². The van der Waals surface area contributed by atoms with Crippen LogP contribution < -0.4 is 5.73 Å². The van der Waals surface area contributed by atoms with Crippen molar-refractivity contribution in [2.24, 2.45) is 4.99 Å². The van der Waals surface area contributed by atoms with Gasteiger partial charge in [0.05, 0.1) is 23.0 Å². The number of aliphatic imine (C=N–C) groups is 1. The highest BCUT2D eigenvalue weighted by molar-refractivity contribution is 9.10. The molecule has 0 aromatic heterocycles. The number of para-hydroxylation sites is 2. The maximum absolute atomic E-state index is 8.84. The zero-order valence-electron chi connectivity index (χ0n) is 13.4. The fraction of sp³-hybridized carbons (Fsp3) is 0.0476. The number of halogens is 1. The van der Waals surface area contributed by atoms with E-state index in [9.17, 15) is 0 Å². The summed E-state index contributed by atoms with van der Waals surface area (Å²) in [5.74, 6) is -0.243. The van der Waals surface area contributed by atoms with Gasteiger partial charge in [-0.2, -0.15) is 0 Å². The number of benzene rings is 3. The molecular weight excluding hydrogens is 374 g/mol. The van der Waals surface area contributed by atoms with Crippen LogP contribution in [0, 0.1) is 5.41 Å². The van der Waals surface area contributed by atoms with Crippen LogP contribution >= 0.6 is 15.9 Å². The standard InChI is InChI=1S/C21H16BrN3/c22-14-11-9-13(10-12-14)19-20(24)16-6-2-4-8-18(16)25-21(19)15-5-1-3-7-17(15)23/h1-12,19,24H,23H2. The Morgan fingerprint density at radius 1 is 0.840 bits per heavy atom. The van der Waals surface area contributed by atoms with E-state index in [0.717, 1.165) is 32.6 Å². The molecule has 0 saturated heterocycles. The molecule has 1 heterocycles. The molecule has 1 aliphatic heterocycles. The highest BCUT2D eigenvalue weighted by Gasteiger charge is 2.31. The molecule has 0 spiro atoms. The molecule has 4 heteroatoms. The largest absolute Gasteiger partial charge is 0.398 e. The molecule has 3 aromatic carbocycles. The highest BCUT2D eigenvalue weighted by atomic mass is 79.9. The smallest absolute Gasteiger partial charge is 0.0724 e. The molecule has 0 amide bonds. The van der Waals surface area contributed by atoms with Crippen LogP contribution in [-0.4, -0.2) is 11.4 Å². The van der Waals surface area contributed by atoms with Gasteiger partial charge in [-0.05, 0) is 29.8 Å². The molecule has 0 fully saturated rings. The molecule has 3 aromatic rings. The van der Waals surface area contributed by atoms with Crippen molar-refractivity contribution < 1.29 is 0 Å². The van der Waals surface area contributed by atoms with Gasteiger partial charge in [-0.15, -0.1) is 0 Å². The van der Waals surface area contributed by atoms with Crippen molar-refractivity contribution in [3.63, 3.8) is 0 Å². The summed E-state index contributed by atoms with van der Waals surface area (Å²) in [4.78, 5) is 4.89. The first-order chi connectivity index (χ1) is 12.1. The van der Waals surface area contributed by atoms with Gasteiger partial charge in [0.1, 0.15) is 0 Å². The summed E-state index contributed by atoms with van der Waals surface area (Å²) in [7, 11) is 0. The van der Waals surface area contributed by atoms with E-state index in [-0.39, 0.29) is 5.92 Å². The van der Waals surface area contributed by atoms with Crippen LogP contribution in [0.4, 0.5) is 11.4 Å². The van der Waals surface area contributed by atoms with Crippen molar-refractivity contribution in [3.8, 4) is 0 Å². The number of anilines is 1. The van der Waals surface area contributed by atoms with Gasteiger partial charge in [0, 0.05) is 21.3 Å². The summed E-state index contributed by atoms with van der Waals surface area (Å²) < 4.78 is 1.01. The second kappa shape index (κ2) is 6.30. The van der Waals surface area contributed by atoms with Crippen LogP contribution in [0.15, 0.2) is 82.3 Å². The van der Waals surface area contributed by atoms with Crippen LogP contribution in [0.3, 0.4) is 0 Å². The second-order valence-electron chi connectivity index (χ2n) is 6.00. The summed E-state index contributed by atoms with van der Waals surface area (Å²) in [6.07, 6.45) is 0. The number of hydrogen-bond acceptors (Lipinski definition) is 3. The molecule has 3 nitrogen and oxygen atoms in total. The number of nitrogens with zero attached hydrogens (tertiary/aromatic N) is 1. The molecule has 0 radical (unpaired) electrons. The topological polar surface area (TPSA) is 62.2 Å². The molecule has 4 rings (SSSR count). The Hall–Kier alpha value is -2.72. The molecule has 3 N–H and O–H groups in total. The number of hydrogen-bond donors (Lipinski definition) is 2. The lowest BCUT2D eigenvalue weighted by atomic mass is 9.80. The minimum absolute atomic E-state index is 0.243. The quantitative estimate of drug-likeness (QED) is 0.572. The van der Waals surface area contributed by atoms with E-state index >= 15 is 0 Å². The molecule has 122 valence electrons. The van der Waals surface area contributed by atoms with Crippen molar-refractivity contribution in [3.05, 3.63) is 94.0 Å². The van der Waals surface area contributed by atoms with E-state index in [1.807, 2.05) is 72.8 Å². The summed E-state index contributed by atoms with van der Waals surface area (Å²) in [6, 6.07) is 23.6. The maximum atomic E-state index is 8.84. The molecule has 0 aliphatic carbocycles. The van der Waals surface area contributed by atoms with Gasteiger partial charge in [0.15, 0.2) is 0 Å². The van der Waals surface area contributed by atoms with Crippen LogP contribution in [0.5, 0.6) is 0 Å². The fourth-order valence-electron chi connectivity index (χ4n) is 3.21. The highest BCUT2D eigenvalue weighted by Crippen LogP contribution is 2.37. The Morgan fingerprint density at radius 2 is 1.48 bits per heavy atom. The minimum Gasteiger partial charge on any atom is -0.398 e. The van der Waals surface area contributed by atoms with E-state index in [1.54, 1.807) is 0 Å². The molecule has 1 atom stereocenters. The number of nitrogens with one attached hydrogen (secondary N) is 1. The van der Waals surface area contributed by atoms with Gasteiger partial charge in [-0.1, -0.05) is 64.5 Å². The Balaban J connectivity index is 1.96. The average molecular weight is 390 g/mol. The monoisotopic (exact) mass is 389 g/mol. The summed E-state index contributed by atoms with van der Waals surface area (Å²) in [5, 5.41) is 8.84. The second-order valence-corrected chi connectivity index (χ2v) is 6.92. The summed E-state index contributed by atoms with van der Waals surface area (Å²) in [6.45, 7) is 0. The average Bonchev–Trinajstić information content (AvgIpc) is 2.63. The van der Waals surface area contributed by atoms with Crippen molar-refractivity contribution in [1.29, 1.82) is 5.41 Å². The predicted molar refractivity (Wildman–Crippen MR) is 107 cm³/mol. The zero-order valence-corrected chi connectivity index (χ0v) is 15.0. The number of nitrogen functional groups attached to an aromatic ring is 1. The fourth-order valence-corrected chi connectivity index (χ4v) is 3.48. The van der Waals surface area contributed by atoms with Crippen LogP contribution in [-0.2, 0) is 0 Å². The predicted octanol–water partition coefficient (Wildman–Crippen LogP) is 5.32.